The van der Waals surface area contributed by atoms with E-state index in [1.54, 1.807) is 13.3 Å². The zero-order chi connectivity index (χ0) is 15.4. The van der Waals surface area contributed by atoms with E-state index >= 15 is 0 Å². The molecule has 114 valence electrons. The monoisotopic (exact) mass is 464 g/mol. The van der Waals surface area contributed by atoms with E-state index in [2.05, 4.69) is 62.0 Å². The van der Waals surface area contributed by atoms with Gasteiger partial charge in [-0.25, -0.2) is 5.43 Å². The third-order valence-electron chi connectivity index (χ3n) is 3.21. The van der Waals surface area contributed by atoms with E-state index in [9.17, 15) is 0 Å². The molecule has 0 aliphatic heterocycles. The van der Waals surface area contributed by atoms with E-state index in [-0.39, 0.29) is 6.04 Å². The first-order valence-corrected chi connectivity index (χ1v) is 8.50. The van der Waals surface area contributed by atoms with E-state index in [0.29, 0.717) is 0 Å². The number of benzene rings is 1. The lowest BCUT2D eigenvalue weighted by Gasteiger charge is -2.21. The molecule has 1 heterocycles. The van der Waals surface area contributed by atoms with Gasteiger partial charge in [0.15, 0.2) is 5.75 Å². The number of nitrogens with one attached hydrogen (secondary N) is 1. The SMILES string of the molecule is CCCn1ncc(OC)c1C(NN)c1cc(I)ccc1Br. The number of halogens is 2. The Morgan fingerprint density at radius 3 is 2.90 bits per heavy atom. The summed E-state index contributed by atoms with van der Waals surface area (Å²) < 4.78 is 9.53. The van der Waals surface area contributed by atoms with Crippen LogP contribution in [0.1, 0.15) is 30.6 Å². The van der Waals surface area contributed by atoms with Gasteiger partial charge in [0.2, 0.25) is 0 Å². The van der Waals surface area contributed by atoms with Crippen LogP contribution in [0.5, 0.6) is 5.75 Å². The van der Waals surface area contributed by atoms with E-state index in [1.807, 2.05) is 16.8 Å². The highest BCUT2D eigenvalue weighted by atomic mass is 127. The minimum atomic E-state index is -0.196. The molecule has 1 atom stereocenters. The summed E-state index contributed by atoms with van der Waals surface area (Å²) in [5.41, 5.74) is 4.88. The molecule has 0 saturated heterocycles. The van der Waals surface area contributed by atoms with Crippen molar-refractivity contribution in [2.45, 2.75) is 25.9 Å². The van der Waals surface area contributed by atoms with Crippen LogP contribution in [0.3, 0.4) is 0 Å². The molecule has 0 saturated carbocycles. The van der Waals surface area contributed by atoms with Crippen LogP contribution in [0.25, 0.3) is 0 Å². The second-order valence-electron chi connectivity index (χ2n) is 4.59. The number of hydrazine groups is 1. The van der Waals surface area contributed by atoms with Crippen LogP contribution in [-0.4, -0.2) is 16.9 Å². The van der Waals surface area contributed by atoms with Crippen molar-refractivity contribution in [1.29, 1.82) is 0 Å². The zero-order valence-corrected chi connectivity index (χ0v) is 15.7. The molecule has 0 aliphatic carbocycles. The highest BCUT2D eigenvalue weighted by Gasteiger charge is 2.24. The quantitative estimate of drug-likeness (QED) is 0.391. The smallest absolute Gasteiger partial charge is 0.161 e. The molecule has 2 aromatic rings. The fraction of sp³-hybridized carbons (Fsp3) is 0.357. The molecule has 0 spiro atoms. The van der Waals surface area contributed by atoms with E-state index in [4.69, 9.17) is 10.6 Å². The lowest BCUT2D eigenvalue weighted by Crippen LogP contribution is -2.31. The molecule has 7 heteroatoms. The summed E-state index contributed by atoms with van der Waals surface area (Å²) >= 11 is 5.89. The lowest BCUT2D eigenvalue weighted by molar-refractivity contribution is 0.398. The number of rotatable bonds is 6. The van der Waals surface area contributed by atoms with Gasteiger partial charge in [-0.05, 0) is 52.8 Å². The van der Waals surface area contributed by atoms with Gasteiger partial charge in [0, 0.05) is 14.6 Å². The molecular weight excluding hydrogens is 447 g/mol. The van der Waals surface area contributed by atoms with Crippen molar-refractivity contribution in [2.24, 2.45) is 5.84 Å². The summed E-state index contributed by atoms with van der Waals surface area (Å²) in [6.45, 7) is 2.93. The number of nitrogens with two attached hydrogens (primary N) is 1. The van der Waals surface area contributed by atoms with Crippen molar-refractivity contribution < 1.29 is 4.74 Å². The molecule has 0 fully saturated rings. The highest BCUT2D eigenvalue weighted by Crippen LogP contribution is 2.34. The van der Waals surface area contributed by atoms with Crippen LogP contribution in [0.4, 0.5) is 0 Å². The molecule has 0 aliphatic rings. The maximum absolute atomic E-state index is 5.83. The number of ether oxygens (including phenoxy) is 1. The van der Waals surface area contributed by atoms with E-state index in [0.717, 1.165) is 38.0 Å². The summed E-state index contributed by atoms with van der Waals surface area (Å²) in [4.78, 5) is 0. The summed E-state index contributed by atoms with van der Waals surface area (Å²) in [5.74, 6) is 6.57. The Hall–Kier alpha value is -0.640. The Labute approximate surface area is 146 Å². The van der Waals surface area contributed by atoms with Crippen LogP contribution in [0.15, 0.2) is 28.9 Å². The minimum absolute atomic E-state index is 0.196. The fourth-order valence-electron chi connectivity index (χ4n) is 2.27. The summed E-state index contributed by atoms with van der Waals surface area (Å²) in [5, 5.41) is 4.40. The zero-order valence-electron chi connectivity index (χ0n) is 11.9. The largest absolute Gasteiger partial charge is 0.493 e. The van der Waals surface area contributed by atoms with Crippen molar-refractivity contribution in [2.75, 3.05) is 7.11 Å². The summed E-state index contributed by atoms with van der Waals surface area (Å²) in [6, 6.07) is 5.97. The number of aryl methyl sites for hydroxylation is 1. The molecule has 0 radical (unpaired) electrons. The van der Waals surface area contributed by atoms with Gasteiger partial charge < -0.3 is 4.74 Å². The predicted molar refractivity (Wildman–Crippen MR) is 95.1 cm³/mol. The Morgan fingerprint density at radius 2 is 2.29 bits per heavy atom. The Morgan fingerprint density at radius 1 is 1.52 bits per heavy atom. The van der Waals surface area contributed by atoms with E-state index < -0.39 is 0 Å². The molecule has 5 nitrogen and oxygen atoms in total. The maximum Gasteiger partial charge on any atom is 0.161 e. The molecule has 1 aromatic carbocycles. The van der Waals surface area contributed by atoms with Crippen molar-refractivity contribution in [3.8, 4) is 5.75 Å². The molecule has 1 aromatic heterocycles. The first kappa shape index (κ1) is 16.7. The van der Waals surface area contributed by atoms with Crippen molar-refractivity contribution in [1.82, 2.24) is 15.2 Å². The maximum atomic E-state index is 5.83. The average molecular weight is 465 g/mol. The number of aromatic nitrogens is 2. The van der Waals surface area contributed by atoms with Gasteiger partial charge in [-0.15, -0.1) is 0 Å². The molecule has 0 amide bonds. The number of nitrogens with zero attached hydrogens (tertiary/aromatic N) is 2. The molecule has 3 N–H and O–H groups in total. The van der Waals surface area contributed by atoms with Crippen molar-refractivity contribution >= 4 is 38.5 Å². The summed E-state index contributed by atoms with van der Waals surface area (Å²) in [6.07, 6.45) is 2.72. The third-order valence-corrected chi connectivity index (χ3v) is 4.60. The van der Waals surface area contributed by atoms with Crippen LogP contribution < -0.4 is 16.0 Å². The van der Waals surface area contributed by atoms with E-state index in [1.165, 1.54) is 0 Å². The highest BCUT2D eigenvalue weighted by molar-refractivity contribution is 14.1. The Kier molecular flexibility index (Phi) is 6.03. The van der Waals surface area contributed by atoms with Crippen LogP contribution in [0, 0.1) is 3.57 Å². The molecule has 1 unspecified atom stereocenters. The number of hydrogen-bond donors (Lipinski definition) is 2. The van der Waals surface area contributed by atoms with Gasteiger partial charge in [-0.2, -0.15) is 5.10 Å². The predicted octanol–water partition coefficient (Wildman–Crippen LogP) is 3.22. The molecular formula is C14H18BrIN4O. The van der Waals surface area contributed by atoms with Gasteiger partial charge in [-0.3, -0.25) is 10.5 Å². The second-order valence-corrected chi connectivity index (χ2v) is 6.69. The topological polar surface area (TPSA) is 65.1 Å². The van der Waals surface area contributed by atoms with Gasteiger partial charge in [0.05, 0.1) is 19.3 Å². The number of hydrogen-bond acceptors (Lipinski definition) is 4. The Bertz CT molecular complexity index is 617. The standard InChI is InChI=1S/C14H18BrIN4O/c1-3-6-20-14(12(21-2)8-18-20)13(19-17)10-7-9(16)4-5-11(10)15/h4-5,7-8,13,19H,3,6,17H2,1-2H3. The minimum Gasteiger partial charge on any atom is -0.493 e. The molecule has 21 heavy (non-hydrogen) atoms. The Balaban J connectivity index is 2.55. The first-order valence-electron chi connectivity index (χ1n) is 6.63. The second kappa shape index (κ2) is 7.57. The van der Waals surface area contributed by atoms with Gasteiger partial charge in [-0.1, -0.05) is 22.9 Å². The molecule has 0 bridgehead atoms. The van der Waals surface area contributed by atoms with Crippen molar-refractivity contribution in [3.63, 3.8) is 0 Å². The average Bonchev–Trinajstić information content (AvgIpc) is 2.87. The van der Waals surface area contributed by atoms with Gasteiger partial charge in [0.1, 0.15) is 5.69 Å². The normalized spacial score (nSPS) is 12.4. The number of methoxy groups -OCH3 is 1. The summed E-state index contributed by atoms with van der Waals surface area (Å²) in [7, 11) is 1.65. The lowest BCUT2D eigenvalue weighted by atomic mass is 10.0. The van der Waals surface area contributed by atoms with Crippen LogP contribution in [0.2, 0.25) is 0 Å². The molecule has 2 rings (SSSR count). The van der Waals surface area contributed by atoms with Crippen molar-refractivity contribution in [3.05, 3.63) is 43.7 Å². The van der Waals surface area contributed by atoms with Gasteiger partial charge in [0.25, 0.3) is 0 Å². The van der Waals surface area contributed by atoms with Crippen LogP contribution in [-0.2, 0) is 6.54 Å². The van der Waals surface area contributed by atoms with Crippen LogP contribution >= 0.6 is 38.5 Å². The third kappa shape index (κ3) is 3.58. The fourth-order valence-corrected chi connectivity index (χ4v) is 3.26. The van der Waals surface area contributed by atoms with Gasteiger partial charge >= 0.3 is 0 Å². The first-order chi connectivity index (χ1) is 10.1.